The lowest BCUT2D eigenvalue weighted by Crippen LogP contribution is -2.50. The van der Waals surface area contributed by atoms with Crippen LogP contribution < -0.4 is 14.8 Å². The number of urea groups is 1. The molecule has 8 heteroatoms. The van der Waals surface area contributed by atoms with Gasteiger partial charge in [0, 0.05) is 29.1 Å². The molecule has 2 aliphatic heterocycles. The van der Waals surface area contributed by atoms with Crippen LogP contribution in [0.1, 0.15) is 38.3 Å². The van der Waals surface area contributed by atoms with Crippen LogP contribution in [0.3, 0.4) is 0 Å². The Morgan fingerprint density at radius 3 is 2.77 bits per heavy atom. The minimum Gasteiger partial charge on any atom is -0.454 e. The zero-order valence-electron chi connectivity index (χ0n) is 17.9. The van der Waals surface area contributed by atoms with Crippen molar-refractivity contribution in [2.75, 3.05) is 13.3 Å². The van der Waals surface area contributed by atoms with Crippen molar-refractivity contribution in [2.24, 2.45) is 5.16 Å². The average molecular weight is 444 g/mol. The Morgan fingerprint density at radius 2 is 2.00 bits per heavy atom. The van der Waals surface area contributed by atoms with E-state index in [2.05, 4.69) is 10.5 Å². The number of amides is 2. The third-order valence-electron chi connectivity index (χ3n) is 4.89. The Hall–Kier alpha value is -2.93. The van der Waals surface area contributed by atoms with E-state index in [1.165, 1.54) is 0 Å². The third kappa shape index (κ3) is 5.41. The van der Waals surface area contributed by atoms with Gasteiger partial charge >= 0.3 is 6.03 Å². The second-order valence-electron chi connectivity index (χ2n) is 8.73. The molecule has 2 amide bonds. The van der Waals surface area contributed by atoms with Crippen LogP contribution in [0.5, 0.6) is 11.5 Å². The first-order valence-electron chi connectivity index (χ1n) is 10.2. The van der Waals surface area contributed by atoms with E-state index in [1.807, 2.05) is 63.2 Å². The first-order chi connectivity index (χ1) is 14.8. The van der Waals surface area contributed by atoms with E-state index < -0.39 is 0 Å². The summed E-state index contributed by atoms with van der Waals surface area (Å²) in [5.74, 6) is 1.43. The normalized spacial score (nSPS) is 17.2. The SMILES string of the molecule is CC(C)(C)NC(=O)N(Cc1cccc(Cl)c1)C[C@H]1CC(c2ccc3c(c2)OCO3)=NO1. The van der Waals surface area contributed by atoms with Gasteiger partial charge in [0.1, 0.15) is 0 Å². The largest absolute Gasteiger partial charge is 0.454 e. The van der Waals surface area contributed by atoms with E-state index in [-0.39, 0.29) is 24.5 Å². The molecule has 0 unspecified atom stereocenters. The molecular weight excluding hydrogens is 418 g/mol. The molecule has 1 N–H and O–H groups in total. The Bertz CT molecular complexity index is 1000. The van der Waals surface area contributed by atoms with Crippen molar-refractivity contribution in [1.82, 2.24) is 10.2 Å². The summed E-state index contributed by atoms with van der Waals surface area (Å²) < 4.78 is 10.8. The van der Waals surface area contributed by atoms with Crippen molar-refractivity contribution in [2.45, 2.75) is 45.4 Å². The van der Waals surface area contributed by atoms with Crippen LogP contribution in [0.15, 0.2) is 47.6 Å². The molecule has 2 aromatic carbocycles. The number of halogens is 1. The van der Waals surface area contributed by atoms with Crippen LogP contribution in [0.2, 0.25) is 5.02 Å². The van der Waals surface area contributed by atoms with Gasteiger partial charge in [-0.15, -0.1) is 0 Å². The zero-order valence-corrected chi connectivity index (χ0v) is 18.6. The minimum absolute atomic E-state index is 0.160. The summed E-state index contributed by atoms with van der Waals surface area (Å²) in [6, 6.07) is 13.1. The van der Waals surface area contributed by atoms with Gasteiger partial charge in [0.05, 0.1) is 12.3 Å². The molecule has 0 aromatic heterocycles. The topological polar surface area (TPSA) is 72.4 Å². The summed E-state index contributed by atoms with van der Waals surface area (Å²) in [7, 11) is 0. The Balaban J connectivity index is 1.45. The monoisotopic (exact) mass is 443 g/mol. The molecule has 31 heavy (non-hydrogen) atoms. The molecule has 2 aliphatic rings. The van der Waals surface area contributed by atoms with Crippen LogP contribution in [0, 0.1) is 0 Å². The molecule has 4 rings (SSSR count). The van der Waals surface area contributed by atoms with Gasteiger partial charge in [-0.3, -0.25) is 0 Å². The summed E-state index contributed by atoms with van der Waals surface area (Å²) in [6.45, 7) is 6.90. The maximum absolute atomic E-state index is 13.0. The molecule has 0 saturated carbocycles. The maximum atomic E-state index is 13.0. The highest BCUT2D eigenvalue weighted by atomic mass is 35.5. The van der Waals surface area contributed by atoms with Crippen molar-refractivity contribution in [3.05, 3.63) is 58.6 Å². The smallest absolute Gasteiger partial charge is 0.318 e. The number of hydrogen-bond acceptors (Lipinski definition) is 5. The number of ether oxygens (including phenoxy) is 2. The number of benzene rings is 2. The average Bonchev–Trinajstić information content (AvgIpc) is 3.35. The molecule has 0 spiro atoms. The first-order valence-corrected chi connectivity index (χ1v) is 10.6. The quantitative estimate of drug-likeness (QED) is 0.734. The van der Waals surface area contributed by atoms with Crippen molar-refractivity contribution in [3.8, 4) is 11.5 Å². The van der Waals surface area contributed by atoms with Gasteiger partial charge in [-0.2, -0.15) is 0 Å². The minimum atomic E-state index is -0.353. The number of nitrogens with one attached hydrogen (secondary N) is 1. The van der Waals surface area contributed by atoms with Crippen molar-refractivity contribution >= 4 is 23.3 Å². The van der Waals surface area contributed by atoms with Crippen LogP contribution in [-0.4, -0.2) is 41.6 Å². The molecule has 0 radical (unpaired) electrons. The highest BCUT2D eigenvalue weighted by molar-refractivity contribution is 6.30. The molecule has 0 fully saturated rings. The predicted molar refractivity (Wildman–Crippen MR) is 119 cm³/mol. The maximum Gasteiger partial charge on any atom is 0.318 e. The van der Waals surface area contributed by atoms with Gasteiger partial charge in [-0.1, -0.05) is 28.9 Å². The van der Waals surface area contributed by atoms with Crippen LogP contribution in [0.4, 0.5) is 4.79 Å². The summed E-state index contributed by atoms with van der Waals surface area (Å²) in [6.07, 6.45) is 0.347. The van der Waals surface area contributed by atoms with E-state index in [0.29, 0.717) is 30.3 Å². The van der Waals surface area contributed by atoms with Gasteiger partial charge in [0.25, 0.3) is 0 Å². The molecule has 2 aromatic rings. The van der Waals surface area contributed by atoms with E-state index >= 15 is 0 Å². The van der Waals surface area contributed by atoms with Crippen molar-refractivity contribution in [3.63, 3.8) is 0 Å². The Labute approximate surface area is 186 Å². The molecule has 0 saturated heterocycles. The number of nitrogens with zero attached hydrogens (tertiary/aromatic N) is 2. The third-order valence-corrected chi connectivity index (χ3v) is 5.13. The number of carbonyl (C=O) groups is 1. The summed E-state index contributed by atoms with van der Waals surface area (Å²) in [4.78, 5) is 20.4. The van der Waals surface area contributed by atoms with Gasteiger partial charge in [0.2, 0.25) is 6.79 Å². The zero-order chi connectivity index (χ0) is 22.0. The van der Waals surface area contributed by atoms with Crippen molar-refractivity contribution in [1.29, 1.82) is 0 Å². The van der Waals surface area contributed by atoms with Crippen LogP contribution in [-0.2, 0) is 11.4 Å². The van der Waals surface area contributed by atoms with Gasteiger partial charge in [-0.25, -0.2) is 4.79 Å². The van der Waals surface area contributed by atoms with Gasteiger partial charge in [-0.05, 0) is 56.7 Å². The fraction of sp³-hybridized carbons (Fsp3) is 0.391. The lowest BCUT2D eigenvalue weighted by atomic mass is 10.0. The molecule has 0 aliphatic carbocycles. The Kier molecular flexibility index (Phi) is 5.96. The van der Waals surface area contributed by atoms with Gasteiger partial charge < -0.3 is 24.5 Å². The highest BCUT2D eigenvalue weighted by Gasteiger charge is 2.29. The molecule has 164 valence electrons. The number of rotatable bonds is 5. The summed E-state index contributed by atoms with van der Waals surface area (Å²) in [5, 5.41) is 7.93. The van der Waals surface area contributed by atoms with Crippen LogP contribution >= 0.6 is 11.6 Å². The molecule has 0 bridgehead atoms. The second kappa shape index (κ2) is 8.67. The first kappa shape index (κ1) is 21.3. The van der Waals surface area contributed by atoms with E-state index in [9.17, 15) is 4.79 Å². The Morgan fingerprint density at radius 1 is 1.19 bits per heavy atom. The molecular formula is C23H26ClN3O4. The predicted octanol–water partition coefficient (Wildman–Crippen LogP) is 4.57. The standard InChI is InChI=1S/C23H26ClN3O4/c1-23(2,3)25-22(28)27(12-15-5-4-6-17(24)9-15)13-18-11-19(26-31-18)16-7-8-20-21(10-16)30-14-29-20/h4-10,18H,11-14H2,1-3H3,(H,25,28)/t18-/m1/s1. The molecule has 2 heterocycles. The van der Waals surface area contributed by atoms with E-state index in [1.54, 1.807) is 4.90 Å². The van der Waals surface area contributed by atoms with E-state index in [4.69, 9.17) is 25.9 Å². The second-order valence-corrected chi connectivity index (χ2v) is 9.16. The number of oxime groups is 1. The molecule has 7 nitrogen and oxygen atoms in total. The van der Waals surface area contributed by atoms with E-state index in [0.717, 1.165) is 22.6 Å². The number of hydrogen-bond donors (Lipinski definition) is 1. The number of carbonyl (C=O) groups excluding carboxylic acids is 1. The fourth-order valence-corrected chi connectivity index (χ4v) is 3.71. The number of fused-ring (bicyclic) bond motifs is 1. The highest BCUT2D eigenvalue weighted by Crippen LogP contribution is 2.33. The summed E-state index contributed by atoms with van der Waals surface area (Å²) in [5.41, 5.74) is 2.34. The van der Waals surface area contributed by atoms with Crippen molar-refractivity contribution < 1.29 is 19.1 Å². The molecule has 1 atom stereocenters. The summed E-state index contributed by atoms with van der Waals surface area (Å²) >= 11 is 6.13. The lowest BCUT2D eigenvalue weighted by Gasteiger charge is -2.29. The lowest BCUT2D eigenvalue weighted by molar-refractivity contribution is 0.0580. The van der Waals surface area contributed by atoms with Crippen LogP contribution in [0.25, 0.3) is 0 Å². The van der Waals surface area contributed by atoms with Gasteiger partial charge in [0.15, 0.2) is 17.6 Å². The fourth-order valence-electron chi connectivity index (χ4n) is 3.49.